The first-order valence-electron chi connectivity index (χ1n) is 6.65. The standard InChI is InChI=1S/C11H11FOS.C6H4BrFO/c1-2-3-4-7-14-11-8-9(12)5-6-10(11)13;7-5-3-4(8)1-2-6(5)9/h5-6,8,13H,2,7H2,1H3;1-3,9H. The summed E-state index contributed by atoms with van der Waals surface area (Å²) in [4.78, 5) is 0.537. The Morgan fingerprint density at radius 3 is 2.17 bits per heavy atom. The number of phenols is 2. The van der Waals surface area contributed by atoms with Gasteiger partial charge in [0, 0.05) is 6.42 Å². The highest BCUT2D eigenvalue weighted by atomic mass is 79.9. The number of aromatic hydroxyl groups is 2. The molecule has 0 aliphatic carbocycles. The van der Waals surface area contributed by atoms with Crippen molar-refractivity contribution in [3.05, 3.63) is 52.5 Å². The molecule has 2 aromatic rings. The molecule has 2 rings (SSSR count). The third kappa shape index (κ3) is 7.40. The van der Waals surface area contributed by atoms with E-state index in [1.807, 2.05) is 6.92 Å². The third-order valence-corrected chi connectivity index (χ3v) is 4.00. The van der Waals surface area contributed by atoms with Gasteiger partial charge >= 0.3 is 0 Å². The molecule has 2 aromatic carbocycles. The Morgan fingerprint density at radius 1 is 1.00 bits per heavy atom. The highest BCUT2D eigenvalue weighted by Crippen LogP contribution is 2.28. The second-order valence-electron chi connectivity index (χ2n) is 4.20. The van der Waals surface area contributed by atoms with Crippen molar-refractivity contribution in [2.75, 3.05) is 5.75 Å². The van der Waals surface area contributed by atoms with Crippen LogP contribution in [0.2, 0.25) is 0 Å². The SMILES string of the molecule is CCC#CCSc1cc(F)ccc1O.Oc1ccc(F)cc1Br. The van der Waals surface area contributed by atoms with E-state index in [4.69, 9.17) is 5.11 Å². The maximum absolute atomic E-state index is 12.8. The summed E-state index contributed by atoms with van der Waals surface area (Å²) in [5, 5.41) is 18.2. The molecule has 0 spiro atoms. The van der Waals surface area contributed by atoms with Gasteiger partial charge in [-0.05, 0) is 52.3 Å². The van der Waals surface area contributed by atoms with Crippen LogP contribution in [0.3, 0.4) is 0 Å². The molecule has 0 bridgehead atoms. The van der Waals surface area contributed by atoms with Crippen LogP contribution in [0.15, 0.2) is 45.8 Å². The molecule has 6 heteroatoms. The fourth-order valence-electron chi connectivity index (χ4n) is 1.37. The molecule has 2 nitrogen and oxygen atoms in total. The Balaban J connectivity index is 0.000000253. The number of rotatable bonds is 2. The van der Waals surface area contributed by atoms with Crippen LogP contribution in [0.4, 0.5) is 8.78 Å². The second-order valence-corrected chi connectivity index (χ2v) is 6.08. The number of hydrogen-bond donors (Lipinski definition) is 2. The normalized spacial score (nSPS) is 9.39. The summed E-state index contributed by atoms with van der Waals surface area (Å²) in [6.07, 6.45) is 0.815. The molecule has 0 fully saturated rings. The van der Waals surface area contributed by atoms with Gasteiger partial charge in [0.15, 0.2) is 0 Å². The van der Waals surface area contributed by atoms with Gasteiger partial charge in [-0.15, -0.1) is 17.7 Å². The van der Waals surface area contributed by atoms with Gasteiger partial charge in [0.1, 0.15) is 23.1 Å². The van der Waals surface area contributed by atoms with Crippen LogP contribution in [-0.4, -0.2) is 16.0 Å². The zero-order chi connectivity index (χ0) is 17.2. The van der Waals surface area contributed by atoms with Gasteiger partial charge in [0.25, 0.3) is 0 Å². The van der Waals surface area contributed by atoms with Crippen molar-refractivity contribution in [1.82, 2.24) is 0 Å². The summed E-state index contributed by atoms with van der Waals surface area (Å²) in [5.74, 6) is 5.85. The highest BCUT2D eigenvalue weighted by molar-refractivity contribution is 9.10. The van der Waals surface area contributed by atoms with Gasteiger partial charge in [-0.1, -0.05) is 12.8 Å². The Labute approximate surface area is 146 Å². The maximum Gasteiger partial charge on any atom is 0.129 e. The lowest BCUT2D eigenvalue weighted by molar-refractivity contribution is 0.459. The van der Waals surface area contributed by atoms with Crippen LogP contribution < -0.4 is 0 Å². The Kier molecular flexibility index (Phi) is 8.52. The number of thioether (sulfide) groups is 1. The first-order valence-corrected chi connectivity index (χ1v) is 8.43. The second kappa shape index (κ2) is 10.1. The Hall–Kier alpha value is -1.71. The van der Waals surface area contributed by atoms with Crippen LogP contribution in [0.1, 0.15) is 13.3 Å². The summed E-state index contributed by atoms with van der Waals surface area (Å²) < 4.78 is 25.3. The monoisotopic (exact) mass is 400 g/mol. The minimum absolute atomic E-state index is 0.0522. The molecule has 0 atom stereocenters. The van der Waals surface area contributed by atoms with E-state index in [9.17, 15) is 13.9 Å². The Bertz CT molecular complexity index is 711. The van der Waals surface area contributed by atoms with Crippen molar-refractivity contribution in [1.29, 1.82) is 0 Å². The molecule has 0 aliphatic rings. The van der Waals surface area contributed by atoms with Gasteiger partial charge < -0.3 is 10.2 Å². The summed E-state index contributed by atoms with van der Waals surface area (Å²) in [6.45, 7) is 1.97. The van der Waals surface area contributed by atoms with E-state index >= 15 is 0 Å². The van der Waals surface area contributed by atoms with E-state index in [-0.39, 0.29) is 23.1 Å². The maximum atomic E-state index is 12.8. The van der Waals surface area contributed by atoms with Gasteiger partial charge in [0.2, 0.25) is 0 Å². The number of halogens is 3. The predicted octanol–water partition coefficient (Wildman–Crippen LogP) is 5.33. The van der Waals surface area contributed by atoms with Gasteiger partial charge in [0.05, 0.1) is 15.1 Å². The topological polar surface area (TPSA) is 40.5 Å². The molecule has 0 amide bonds. The van der Waals surface area contributed by atoms with Crippen molar-refractivity contribution in [3.8, 4) is 23.3 Å². The quantitative estimate of drug-likeness (QED) is 0.528. The average molecular weight is 401 g/mol. The summed E-state index contributed by atoms with van der Waals surface area (Å²) in [7, 11) is 0. The number of phenolic OH excluding ortho intramolecular Hbond substituents is 2. The molecular weight excluding hydrogens is 386 g/mol. The molecule has 0 heterocycles. The van der Waals surface area contributed by atoms with Crippen molar-refractivity contribution < 1.29 is 19.0 Å². The summed E-state index contributed by atoms with van der Waals surface area (Å²) in [5.41, 5.74) is 0. The molecule has 122 valence electrons. The van der Waals surface area contributed by atoms with Crippen LogP contribution in [0, 0.1) is 23.5 Å². The first kappa shape index (κ1) is 19.3. The average Bonchev–Trinajstić information content (AvgIpc) is 2.52. The Morgan fingerprint density at radius 2 is 1.61 bits per heavy atom. The molecule has 0 aliphatic heterocycles. The molecule has 0 radical (unpaired) electrons. The number of benzene rings is 2. The fourth-order valence-corrected chi connectivity index (χ4v) is 2.47. The highest BCUT2D eigenvalue weighted by Gasteiger charge is 2.01. The van der Waals surface area contributed by atoms with E-state index in [1.165, 1.54) is 48.2 Å². The minimum atomic E-state index is -0.361. The molecule has 0 unspecified atom stereocenters. The molecule has 23 heavy (non-hydrogen) atoms. The molecule has 0 aromatic heterocycles. The first-order chi connectivity index (χ1) is 10.9. The number of hydrogen-bond acceptors (Lipinski definition) is 3. The smallest absolute Gasteiger partial charge is 0.129 e. The van der Waals surface area contributed by atoms with E-state index in [1.54, 1.807) is 0 Å². The fraction of sp³-hybridized carbons (Fsp3) is 0.176. The molecule has 2 N–H and O–H groups in total. The minimum Gasteiger partial charge on any atom is -0.507 e. The van der Waals surface area contributed by atoms with Crippen LogP contribution >= 0.6 is 27.7 Å². The van der Waals surface area contributed by atoms with Crippen molar-refractivity contribution in [2.24, 2.45) is 0 Å². The lowest BCUT2D eigenvalue weighted by Crippen LogP contribution is -1.79. The summed E-state index contributed by atoms with van der Waals surface area (Å²) >= 11 is 4.29. The lowest BCUT2D eigenvalue weighted by atomic mass is 10.3. The van der Waals surface area contributed by atoms with Gasteiger partial charge in [-0.25, -0.2) is 8.78 Å². The largest absolute Gasteiger partial charge is 0.507 e. The van der Waals surface area contributed by atoms with E-state index in [0.717, 1.165) is 6.42 Å². The molecule has 0 saturated heterocycles. The third-order valence-electron chi connectivity index (χ3n) is 2.43. The van der Waals surface area contributed by atoms with E-state index < -0.39 is 0 Å². The summed E-state index contributed by atoms with van der Waals surface area (Å²) in [6, 6.07) is 7.59. The predicted molar refractivity (Wildman–Crippen MR) is 92.6 cm³/mol. The van der Waals surface area contributed by atoms with E-state index in [0.29, 0.717) is 15.1 Å². The van der Waals surface area contributed by atoms with Gasteiger partial charge in [-0.2, -0.15) is 0 Å². The zero-order valence-electron chi connectivity index (χ0n) is 12.3. The van der Waals surface area contributed by atoms with Gasteiger partial charge in [-0.3, -0.25) is 0 Å². The molecular formula is C17H15BrF2O2S. The van der Waals surface area contributed by atoms with Crippen molar-refractivity contribution >= 4 is 27.7 Å². The lowest BCUT2D eigenvalue weighted by Gasteiger charge is -2.00. The zero-order valence-corrected chi connectivity index (χ0v) is 14.7. The van der Waals surface area contributed by atoms with Crippen LogP contribution in [0.5, 0.6) is 11.5 Å². The van der Waals surface area contributed by atoms with Crippen molar-refractivity contribution in [3.63, 3.8) is 0 Å². The van der Waals surface area contributed by atoms with Crippen LogP contribution in [-0.2, 0) is 0 Å². The molecule has 0 saturated carbocycles. The van der Waals surface area contributed by atoms with Crippen LogP contribution in [0.25, 0.3) is 0 Å². The van der Waals surface area contributed by atoms with Crippen molar-refractivity contribution in [2.45, 2.75) is 18.2 Å². The van der Waals surface area contributed by atoms with E-state index in [2.05, 4.69) is 27.8 Å².